The lowest BCUT2D eigenvalue weighted by atomic mass is 10.0. The molecule has 0 aromatic heterocycles. The maximum absolute atomic E-state index is 13.1. The minimum absolute atomic E-state index is 0.0347. The first-order valence-corrected chi connectivity index (χ1v) is 12.0. The molecule has 0 radical (unpaired) electrons. The highest BCUT2D eigenvalue weighted by atomic mass is 32.2. The van der Waals surface area contributed by atoms with E-state index < -0.39 is 10.0 Å². The van der Waals surface area contributed by atoms with Gasteiger partial charge in [-0.25, -0.2) is 13.1 Å². The van der Waals surface area contributed by atoms with Gasteiger partial charge in [-0.05, 0) is 43.0 Å². The smallest absolute Gasteiger partial charge is 0.253 e. The van der Waals surface area contributed by atoms with E-state index in [1.807, 2.05) is 30.3 Å². The maximum atomic E-state index is 13.1. The van der Waals surface area contributed by atoms with Crippen molar-refractivity contribution < 1.29 is 18.0 Å². The third-order valence-electron chi connectivity index (χ3n) is 5.43. The lowest BCUT2D eigenvalue weighted by Crippen LogP contribution is -2.49. The second-order valence-corrected chi connectivity index (χ2v) is 9.54. The van der Waals surface area contributed by atoms with E-state index in [-0.39, 0.29) is 29.3 Å². The van der Waals surface area contributed by atoms with Crippen molar-refractivity contribution in [3.8, 4) is 0 Å². The number of piperidine rings is 1. The Morgan fingerprint density at radius 1 is 1.13 bits per heavy atom. The standard InChI is InChI=1S/C23H29N3O4S/c1-3-22(27)25-20-10-7-13-26(16-20)23(28)19-12-11-17(2)21(14-19)31(29,30)24-15-18-8-5-4-6-9-18/h4-6,8-9,11-12,14,20,24H,3,7,10,13,15-16H2,1-2H3,(H,25,27). The predicted octanol–water partition coefficient (Wildman–Crippen LogP) is 2.60. The third kappa shape index (κ3) is 5.92. The molecule has 0 bridgehead atoms. The Hall–Kier alpha value is -2.71. The lowest BCUT2D eigenvalue weighted by Gasteiger charge is -2.33. The first-order valence-electron chi connectivity index (χ1n) is 10.5. The fourth-order valence-corrected chi connectivity index (χ4v) is 4.95. The highest BCUT2D eigenvalue weighted by Crippen LogP contribution is 2.20. The molecule has 166 valence electrons. The monoisotopic (exact) mass is 443 g/mol. The summed E-state index contributed by atoms with van der Waals surface area (Å²) in [5.41, 5.74) is 1.75. The molecular formula is C23H29N3O4S. The molecule has 2 aromatic carbocycles. The Kier molecular flexibility index (Phi) is 7.46. The van der Waals surface area contributed by atoms with Gasteiger partial charge in [-0.15, -0.1) is 0 Å². The van der Waals surface area contributed by atoms with Gasteiger partial charge < -0.3 is 10.2 Å². The van der Waals surface area contributed by atoms with Crippen molar-refractivity contribution in [2.45, 2.75) is 50.6 Å². The zero-order chi connectivity index (χ0) is 22.4. The number of nitrogens with one attached hydrogen (secondary N) is 2. The second kappa shape index (κ2) is 10.1. The summed E-state index contributed by atoms with van der Waals surface area (Å²) in [5.74, 6) is -0.262. The van der Waals surface area contributed by atoms with E-state index in [0.717, 1.165) is 18.4 Å². The molecule has 1 aliphatic heterocycles. The Labute approximate surface area is 183 Å². The van der Waals surface area contributed by atoms with Crippen molar-refractivity contribution in [2.24, 2.45) is 0 Å². The Balaban J connectivity index is 1.75. The number of aryl methyl sites for hydroxylation is 1. The van der Waals surface area contributed by atoms with E-state index in [1.165, 1.54) is 6.07 Å². The number of rotatable bonds is 7. The normalized spacial score (nSPS) is 16.7. The van der Waals surface area contributed by atoms with Crippen molar-refractivity contribution in [3.63, 3.8) is 0 Å². The number of amides is 2. The molecule has 1 saturated heterocycles. The Bertz CT molecular complexity index is 1040. The SMILES string of the molecule is CCC(=O)NC1CCCN(C(=O)c2ccc(C)c(S(=O)(=O)NCc3ccccc3)c2)C1. The van der Waals surface area contributed by atoms with E-state index in [0.29, 0.717) is 30.6 Å². The molecule has 2 amide bonds. The number of hydrogen-bond acceptors (Lipinski definition) is 4. The van der Waals surface area contributed by atoms with Crippen molar-refractivity contribution in [2.75, 3.05) is 13.1 Å². The summed E-state index contributed by atoms with van der Waals surface area (Å²) in [6.07, 6.45) is 2.02. The number of sulfonamides is 1. The van der Waals surface area contributed by atoms with Crippen molar-refractivity contribution in [3.05, 3.63) is 65.2 Å². The quantitative estimate of drug-likeness (QED) is 0.688. The van der Waals surface area contributed by atoms with Gasteiger partial charge in [0.1, 0.15) is 0 Å². The van der Waals surface area contributed by atoms with Crippen molar-refractivity contribution in [1.29, 1.82) is 0 Å². The van der Waals surface area contributed by atoms with E-state index in [9.17, 15) is 18.0 Å². The zero-order valence-corrected chi connectivity index (χ0v) is 18.7. The van der Waals surface area contributed by atoms with Crippen LogP contribution in [0.15, 0.2) is 53.4 Å². The lowest BCUT2D eigenvalue weighted by molar-refractivity contribution is -0.121. The largest absolute Gasteiger partial charge is 0.352 e. The van der Waals surface area contributed by atoms with E-state index >= 15 is 0 Å². The van der Waals surface area contributed by atoms with Gasteiger partial charge >= 0.3 is 0 Å². The summed E-state index contributed by atoms with van der Waals surface area (Å²) < 4.78 is 28.4. The predicted molar refractivity (Wildman–Crippen MR) is 119 cm³/mol. The van der Waals surface area contributed by atoms with Crippen LogP contribution in [-0.4, -0.2) is 44.3 Å². The number of carbonyl (C=O) groups excluding carboxylic acids is 2. The van der Waals surface area contributed by atoms with Crippen LogP contribution in [0.5, 0.6) is 0 Å². The Morgan fingerprint density at radius 3 is 2.58 bits per heavy atom. The molecule has 2 N–H and O–H groups in total. The second-order valence-electron chi connectivity index (χ2n) is 7.80. The first kappa shape index (κ1) is 23.0. The Morgan fingerprint density at radius 2 is 1.87 bits per heavy atom. The van der Waals surface area contributed by atoms with Crippen LogP contribution in [0, 0.1) is 6.92 Å². The topological polar surface area (TPSA) is 95.6 Å². The molecule has 1 heterocycles. The molecule has 31 heavy (non-hydrogen) atoms. The van der Waals surface area contributed by atoms with Gasteiger partial charge in [-0.1, -0.05) is 43.3 Å². The molecule has 1 fully saturated rings. The summed E-state index contributed by atoms with van der Waals surface area (Å²) in [6, 6.07) is 13.9. The van der Waals surface area contributed by atoms with E-state index in [2.05, 4.69) is 10.0 Å². The number of nitrogens with zero attached hydrogens (tertiary/aromatic N) is 1. The third-order valence-corrected chi connectivity index (χ3v) is 6.97. The average molecular weight is 444 g/mol. The van der Waals surface area contributed by atoms with Crippen LogP contribution in [0.25, 0.3) is 0 Å². The summed E-state index contributed by atoms with van der Waals surface area (Å²) >= 11 is 0. The van der Waals surface area contributed by atoms with Gasteiger partial charge in [0.05, 0.1) is 4.90 Å². The number of hydrogen-bond donors (Lipinski definition) is 2. The summed E-state index contributed by atoms with van der Waals surface area (Å²) in [7, 11) is -3.78. The highest BCUT2D eigenvalue weighted by molar-refractivity contribution is 7.89. The van der Waals surface area contributed by atoms with Crippen LogP contribution in [0.3, 0.4) is 0 Å². The zero-order valence-electron chi connectivity index (χ0n) is 17.9. The maximum Gasteiger partial charge on any atom is 0.253 e. The molecule has 8 heteroatoms. The number of likely N-dealkylation sites (tertiary alicyclic amines) is 1. The molecule has 0 spiro atoms. The number of benzene rings is 2. The van der Waals surface area contributed by atoms with Gasteiger partial charge in [0.15, 0.2) is 0 Å². The van der Waals surface area contributed by atoms with Crippen LogP contribution in [-0.2, 0) is 21.4 Å². The van der Waals surface area contributed by atoms with Crippen LogP contribution in [0.4, 0.5) is 0 Å². The summed E-state index contributed by atoms with van der Waals surface area (Å²) in [6.45, 7) is 4.68. The van der Waals surface area contributed by atoms with Crippen LogP contribution >= 0.6 is 0 Å². The minimum atomic E-state index is -3.78. The van der Waals surface area contributed by atoms with Crippen LogP contribution in [0.2, 0.25) is 0 Å². The summed E-state index contributed by atoms with van der Waals surface area (Å²) in [5, 5.41) is 2.94. The molecular weight excluding hydrogens is 414 g/mol. The van der Waals surface area contributed by atoms with Gasteiger partial charge in [0, 0.05) is 37.7 Å². The van der Waals surface area contributed by atoms with Crippen molar-refractivity contribution >= 4 is 21.8 Å². The van der Waals surface area contributed by atoms with Crippen LogP contribution < -0.4 is 10.0 Å². The molecule has 3 rings (SSSR count). The fraction of sp³-hybridized carbons (Fsp3) is 0.391. The van der Waals surface area contributed by atoms with E-state index in [1.54, 1.807) is 30.9 Å². The van der Waals surface area contributed by atoms with Crippen LogP contribution in [0.1, 0.15) is 47.7 Å². The molecule has 1 unspecified atom stereocenters. The molecule has 7 nitrogen and oxygen atoms in total. The van der Waals surface area contributed by atoms with E-state index in [4.69, 9.17) is 0 Å². The number of carbonyl (C=O) groups is 2. The molecule has 0 saturated carbocycles. The first-order chi connectivity index (χ1) is 14.8. The summed E-state index contributed by atoms with van der Waals surface area (Å²) in [4.78, 5) is 26.5. The molecule has 1 atom stereocenters. The van der Waals surface area contributed by atoms with Crippen molar-refractivity contribution in [1.82, 2.24) is 14.9 Å². The molecule has 1 aliphatic rings. The highest BCUT2D eigenvalue weighted by Gasteiger charge is 2.26. The fourth-order valence-electron chi connectivity index (χ4n) is 3.67. The molecule has 2 aromatic rings. The molecule has 0 aliphatic carbocycles. The van der Waals surface area contributed by atoms with Gasteiger partial charge in [-0.2, -0.15) is 0 Å². The van der Waals surface area contributed by atoms with Gasteiger partial charge in [-0.3, -0.25) is 9.59 Å². The van der Waals surface area contributed by atoms with Gasteiger partial charge in [0.25, 0.3) is 5.91 Å². The van der Waals surface area contributed by atoms with Gasteiger partial charge in [0.2, 0.25) is 15.9 Å². The average Bonchev–Trinajstić information content (AvgIpc) is 2.78. The minimum Gasteiger partial charge on any atom is -0.352 e.